The third-order valence-corrected chi connectivity index (χ3v) is 11.5. The maximum atomic E-state index is 14.1. The first kappa shape index (κ1) is 68.5. The summed E-state index contributed by atoms with van der Waals surface area (Å²) in [6, 6.07) is -2.87. The van der Waals surface area contributed by atoms with Gasteiger partial charge in [-0.05, 0) is 89.8 Å². The Morgan fingerprint density at radius 3 is 0.959 bits per heavy atom. The minimum atomic E-state index is -0.712. The predicted molar refractivity (Wildman–Crippen MR) is 284 cm³/mol. The molecule has 10 amide bonds. The Bertz CT molecular complexity index is 1780. The number of primary amides is 1. The van der Waals surface area contributed by atoms with Gasteiger partial charge in [-0.25, -0.2) is 0 Å². The first-order valence-corrected chi connectivity index (χ1v) is 26.3. The standard InChI is InChI=1S/C50H96N14O10/c1-33(2)20-40(25-62(28-43(55)67)48(72)14-11-17-51)58-46(70)31-64(50(74)16-13-19-53)27-42(22-35(5)6)59-47(71)32-63(49(73)15-12-18-52)26-41(21-34(3)4)57-45(69)30-61(39(10)66)24-37(8)56-44(68)29-60(38(9)65)23-36(7)54/h33-37,40-42H,11-32,51-54H2,1-10H3,(H2,55,67)(H,56,68)(H,57,69)(H,58,70)(H,59,71)/t36-,37-,40-,41-,42-/m0/s1. The Balaban J connectivity index is 6.49. The van der Waals surface area contributed by atoms with Crippen molar-refractivity contribution in [3.63, 3.8) is 0 Å². The fraction of sp³-hybridized carbons (Fsp3) is 0.800. The largest absolute Gasteiger partial charge is 0.368 e. The zero-order valence-electron chi connectivity index (χ0n) is 46.4. The molecule has 24 nitrogen and oxygen atoms in total. The zero-order chi connectivity index (χ0) is 56.7. The second-order valence-corrected chi connectivity index (χ2v) is 20.9. The van der Waals surface area contributed by atoms with Gasteiger partial charge >= 0.3 is 0 Å². The number of hydrogen-bond donors (Lipinski definition) is 9. The van der Waals surface area contributed by atoms with Crippen LogP contribution in [0.3, 0.4) is 0 Å². The van der Waals surface area contributed by atoms with Crippen LogP contribution in [0.5, 0.6) is 0 Å². The van der Waals surface area contributed by atoms with Crippen molar-refractivity contribution in [2.24, 2.45) is 46.4 Å². The molecule has 0 aliphatic heterocycles. The molecule has 0 saturated carbocycles. The van der Waals surface area contributed by atoms with E-state index in [9.17, 15) is 47.9 Å². The van der Waals surface area contributed by atoms with Gasteiger partial charge in [0.05, 0.1) is 32.7 Å². The number of nitrogens with zero attached hydrogens (tertiary/aromatic N) is 5. The van der Waals surface area contributed by atoms with Crippen molar-refractivity contribution in [1.29, 1.82) is 0 Å². The van der Waals surface area contributed by atoms with Crippen LogP contribution in [-0.4, -0.2) is 199 Å². The van der Waals surface area contributed by atoms with Crippen molar-refractivity contribution < 1.29 is 47.9 Å². The molecular weight excluding hydrogens is 957 g/mol. The lowest BCUT2D eigenvalue weighted by atomic mass is 10.0. The van der Waals surface area contributed by atoms with E-state index < -0.39 is 66.2 Å². The van der Waals surface area contributed by atoms with E-state index in [-0.39, 0.29) is 145 Å². The highest BCUT2D eigenvalue weighted by molar-refractivity contribution is 5.88. The van der Waals surface area contributed by atoms with Gasteiger partial charge < -0.3 is 74.4 Å². The molecule has 0 aliphatic rings. The van der Waals surface area contributed by atoms with E-state index in [4.69, 9.17) is 28.7 Å². The molecular formula is C50H96N14O10. The maximum absolute atomic E-state index is 14.1. The van der Waals surface area contributed by atoms with E-state index in [1.807, 2.05) is 41.5 Å². The SMILES string of the molecule is CC(=O)N(CC(=O)N[C@@H](C)CN(CC(=O)N[C@@H](CC(C)C)CN(CC(=O)N[C@@H](CC(C)C)CN(CC(=O)N[C@@H](CC(C)C)CN(CC(N)=O)C(=O)CCCN)C(=O)CCCN)C(=O)CCCN)C(C)=O)C[C@H](C)N. The smallest absolute Gasteiger partial charge is 0.239 e. The molecule has 0 fully saturated rings. The van der Waals surface area contributed by atoms with Gasteiger partial charge in [0.1, 0.15) is 0 Å². The van der Waals surface area contributed by atoms with Gasteiger partial charge in [-0.15, -0.1) is 0 Å². The van der Waals surface area contributed by atoms with E-state index >= 15 is 0 Å². The average molecular weight is 1050 g/mol. The molecule has 0 saturated heterocycles. The number of rotatable bonds is 39. The lowest BCUT2D eigenvalue weighted by Crippen LogP contribution is -2.55. The molecule has 74 heavy (non-hydrogen) atoms. The Kier molecular flexibility index (Phi) is 34.5. The van der Waals surface area contributed by atoms with Gasteiger partial charge in [0, 0.05) is 96.0 Å². The number of hydrogen-bond acceptors (Lipinski definition) is 14. The van der Waals surface area contributed by atoms with Gasteiger partial charge in [-0.1, -0.05) is 41.5 Å². The molecule has 0 radical (unpaired) electrons. The summed E-state index contributed by atoms with van der Waals surface area (Å²) in [6.07, 6.45) is 2.47. The summed E-state index contributed by atoms with van der Waals surface area (Å²) in [7, 11) is 0. The summed E-state index contributed by atoms with van der Waals surface area (Å²) in [5.41, 5.74) is 28.5. The number of carbonyl (C=O) groups excluding carboxylic acids is 10. The molecule has 0 aromatic carbocycles. The van der Waals surface area contributed by atoms with E-state index in [0.717, 1.165) is 0 Å². The van der Waals surface area contributed by atoms with Crippen molar-refractivity contribution in [2.45, 2.75) is 157 Å². The van der Waals surface area contributed by atoms with Crippen LogP contribution in [-0.2, 0) is 47.9 Å². The summed E-state index contributed by atoms with van der Waals surface area (Å²) in [5, 5.41) is 11.7. The third-order valence-electron chi connectivity index (χ3n) is 11.5. The number of nitrogens with one attached hydrogen (secondary N) is 4. The lowest BCUT2D eigenvalue weighted by Gasteiger charge is -2.32. The van der Waals surface area contributed by atoms with Crippen molar-refractivity contribution >= 4 is 59.1 Å². The third kappa shape index (κ3) is 32.0. The summed E-state index contributed by atoms with van der Waals surface area (Å²) in [4.78, 5) is 138. The van der Waals surface area contributed by atoms with E-state index in [1.165, 1.54) is 38.3 Å². The van der Waals surface area contributed by atoms with Crippen LogP contribution in [0.25, 0.3) is 0 Å². The Morgan fingerprint density at radius 1 is 0.405 bits per heavy atom. The molecule has 24 heteroatoms. The minimum Gasteiger partial charge on any atom is -0.368 e. The summed E-state index contributed by atoms with van der Waals surface area (Å²) in [6.45, 7) is 16.7. The zero-order valence-corrected chi connectivity index (χ0v) is 46.4. The molecule has 0 rings (SSSR count). The first-order chi connectivity index (χ1) is 34.6. The van der Waals surface area contributed by atoms with Crippen LogP contribution in [0, 0.1) is 17.8 Å². The summed E-state index contributed by atoms with van der Waals surface area (Å²) < 4.78 is 0. The molecule has 426 valence electrons. The first-order valence-electron chi connectivity index (χ1n) is 26.3. The highest BCUT2D eigenvalue weighted by atomic mass is 16.2. The molecule has 0 bridgehead atoms. The second kappa shape index (κ2) is 37.3. The van der Waals surface area contributed by atoms with Gasteiger partial charge in [0.25, 0.3) is 0 Å². The Hall–Kier alpha value is -5.46. The fourth-order valence-corrected chi connectivity index (χ4v) is 8.39. The summed E-state index contributed by atoms with van der Waals surface area (Å²) in [5.74, 6) is -4.48. The molecule has 0 unspecified atom stereocenters. The van der Waals surface area contributed by atoms with Crippen molar-refractivity contribution in [1.82, 2.24) is 45.8 Å². The molecule has 0 aliphatic carbocycles. The van der Waals surface area contributed by atoms with Crippen molar-refractivity contribution in [3.8, 4) is 0 Å². The predicted octanol–water partition coefficient (Wildman–Crippen LogP) is -1.68. The van der Waals surface area contributed by atoms with Crippen molar-refractivity contribution in [3.05, 3.63) is 0 Å². The van der Waals surface area contributed by atoms with E-state index in [1.54, 1.807) is 13.8 Å². The van der Waals surface area contributed by atoms with Crippen LogP contribution in [0.1, 0.15) is 127 Å². The molecule has 14 N–H and O–H groups in total. The van der Waals surface area contributed by atoms with Crippen LogP contribution in [0.2, 0.25) is 0 Å². The Morgan fingerprint density at radius 2 is 0.689 bits per heavy atom. The van der Waals surface area contributed by atoms with Gasteiger partial charge in [0.2, 0.25) is 59.1 Å². The number of nitrogens with two attached hydrogens (primary N) is 5. The summed E-state index contributed by atoms with van der Waals surface area (Å²) >= 11 is 0. The van der Waals surface area contributed by atoms with Crippen LogP contribution in [0.15, 0.2) is 0 Å². The highest BCUT2D eigenvalue weighted by Crippen LogP contribution is 2.13. The number of amides is 10. The quantitative estimate of drug-likeness (QED) is 0.0332. The Labute approximate surface area is 440 Å². The van der Waals surface area contributed by atoms with Gasteiger partial charge in [-0.3, -0.25) is 47.9 Å². The molecule has 0 spiro atoms. The van der Waals surface area contributed by atoms with E-state index in [0.29, 0.717) is 38.5 Å². The van der Waals surface area contributed by atoms with Crippen LogP contribution < -0.4 is 49.9 Å². The van der Waals surface area contributed by atoms with Crippen LogP contribution in [0.4, 0.5) is 0 Å². The minimum absolute atomic E-state index is 0.00263. The van der Waals surface area contributed by atoms with Crippen molar-refractivity contribution in [2.75, 3.05) is 85.1 Å². The molecule has 5 atom stereocenters. The lowest BCUT2D eigenvalue weighted by molar-refractivity contribution is -0.139. The highest BCUT2D eigenvalue weighted by Gasteiger charge is 2.30. The number of carbonyl (C=O) groups is 10. The molecule has 0 aromatic heterocycles. The van der Waals surface area contributed by atoms with Crippen LogP contribution >= 0.6 is 0 Å². The average Bonchev–Trinajstić information content (AvgIpc) is 3.26. The monoisotopic (exact) mass is 1050 g/mol. The van der Waals surface area contributed by atoms with Gasteiger partial charge in [0.15, 0.2) is 0 Å². The normalized spacial score (nSPS) is 13.3. The van der Waals surface area contributed by atoms with Gasteiger partial charge in [-0.2, -0.15) is 0 Å². The molecule has 0 heterocycles. The topological polar surface area (TPSA) is 365 Å². The van der Waals surface area contributed by atoms with E-state index in [2.05, 4.69) is 21.3 Å². The maximum Gasteiger partial charge on any atom is 0.239 e. The fourth-order valence-electron chi connectivity index (χ4n) is 8.39. The molecule has 0 aromatic rings. The second-order valence-electron chi connectivity index (χ2n) is 20.9.